The van der Waals surface area contributed by atoms with E-state index in [-0.39, 0.29) is 6.10 Å². The first-order valence-corrected chi connectivity index (χ1v) is 10.2. The van der Waals surface area contributed by atoms with Gasteiger partial charge in [-0.25, -0.2) is 15.0 Å². The van der Waals surface area contributed by atoms with E-state index in [0.29, 0.717) is 37.3 Å². The number of rotatable bonds is 8. The minimum absolute atomic E-state index is 0.0746. The second-order valence-electron chi connectivity index (χ2n) is 6.57. The van der Waals surface area contributed by atoms with Crippen LogP contribution in [-0.4, -0.2) is 70.2 Å². The minimum atomic E-state index is -3.19. The number of halogens is 2. The Balaban J connectivity index is 1.71. The van der Waals surface area contributed by atoms with Crippen molar-refractivity contribution in [3.8, 4) is 11.4 Å². The molecule has 1 aliphatic heterocycles. The number of alkyl halides is 2. The number of aromatic amines is 1. The Hall–Kier alpha value is -2.37. The normalized spacial score (nSPS) is 17.8. The number of hydrogen-bond acceptors (Lipinski definition) is 8. The van der Waals surface area contributed by atoms with Crippen LogP contribution in [0, 0.1) is 5.41 Å². The van der Waals surface area contributed by atoms with Crippen LogP contribution >= 0.6 is 11.9 Å². The highest BCUT2D eigenvalue weighted by Gasteiger charge is 2.25. The van der Waals surface area contributed by atoms with Crippen LogP contribution in [0.4, 0.5) is 14.6 Å². The first-order valence-electron chi connectivity index (χ1n) is 9.01. The molecule has 8 nitrogen and oxygen atoms in total. The molecule has 0 bridgehead atoms. The molecular weight excluding hydrogens is 400 g/mol. The number of allylic oxidation sites excluding steroid dienone is 1. The summed E-state index contributed by atoms with van der Waals surface area (Å²) in [5.74, 6) is -2.04. The zero-order valence-electron chi connectivity index (χ0n) is 16.2. The fraction of sp³-hybridized carbons (Fsp3) is 0.444. The lowest BCUT2D eigenvalue weighted by molar-refractivity contribution is 0.0444. The number of nitrogens with one attached hydrogen (secondary N) is 3. The van der Waals surface area contributed by atoms with E-state index in [2.05, 4.69) is 29.6 Å². The van der Waals surface area contributed by atoms with Crippen LogP contribution in [0.5, 0.6) is 0 Å². The molecular formula is C18H23F2N7OS. The molecule has 0 spiro atoms. The summed E-state index contributed by atoms with van der Waals surface area (Å²) in [6.45, 7) is 3.50. The van der Waals surface area contributed by atoms with E-state index < -0.39 is 11.6 Å². The standard InChI is InChI=1S/C18H23F2N7OS/c1-18(19,20)15(21)3-4-16-22-9-14(26-16)13-7-17(24-11-23-13)27-5-6-28-12(10-27)8-25-29-2/h3-4,7,9,11-12,21,25H,5-6,8,10H2,1-2H3,(H,22,26)/b4-3-,21-15?. The van der Waals surface area contributed by atoms with Gasteiger partial charge in [0.05, 0.1) is 30.3 Å². The lowest BCUT2D eigenvalue weighted by Crippen LogP contribution is -2.46. The van der Waals surface area contributed by atoms with Crippen LogP contribution in [0.2, 0.25) is 0 Å². The van der Waals surface area contributed by atoms with E-state index in [0.717, 1.165) is 25.0 Å². The van der Waals surface area contributed by atoms with Crippen LogP contribution < -0.4 is 9.62 Å². The van der Waals surface area contributed by atoms with Gasteiger partial charge < -0.3 is 14.6 Å². The number of ether oxygens (including phenoxy) is 1. The van der Waals surface area contributed by atoms with Gasteiger partial charge in [0.25, 0.3) is 5.92 Å². The summed E-state index contributed by atoms with van der Waals surface area (Å²) in [4.78, 5) is 18.0. The number of imidazole rings is 1. The highest BCUT2D eigenvalue weighted by molar-refractivity contribution is 7.96. The molecule has 29 heavy (non-hydrogen) atoms. The van der Waals surface area contributed by atoms with E-state index in [9.17, 15) is 8.78 Å². The van der Waals surface area contributed by atoms with Gasteiger partial charge in [0.2, 0.25) is 0 Å². The highest BCUT2D eigenvalue weighted by Crippen LogP contribution is 2.21. The Labute approximate surface area is 171 Å². The Morgan fingerprint density at radius 2 is 2.31 bits per heavy atom. The monoisotopic (exact) mass is 423 g/mol. The van der Waals surface area contributed by atoms with Crippen molar-refractivity contribution in [2.75, 3.05) is 37.4 Å². The summed E-state index contributed by atoms with van der Waals surface area (Å²) < 4.78 is 35.1. The third-order valence-electron chi connectivity index (χ3n) is 4.32. The molecule has 2 aromatic heterocycles. The van der Waals surface area contributed by atoms with E-state index in [1.54, 1.807) is 18.1 Å². The summed E-state index contributed by atoms with van der Waals surface area (Å²) in [7, 11) is 0. The second kappa shape index (κ2) is 9.42. The van der Waals surface area contributed by atoms with Gasteiger partial charge >= 0.3 is 0 Å². The molecule has 3 rings (SSSR count). The van der Waals surface area contributed by atoms with Crippen molar-refractivity contribution >= 4 is 29.6 Å². The van der Waals surface area contributed by atoms with Gasteiger partial charge in [-0.2, -0.15) is 8.78 Å². The first kappa shape index (κ1) is 21.3. The zero-order chi connectivity index (χ0) is 20.9. The van der Waals surface area contributed by atoms with Crippen LogP contribution in [0.1, 0.15) is 12.7 Å². The molecule has 1 fully saturated rings. The maximum atomic E-state index is 13.1. The average Bonchev–Trinajstić information content (AvgIpc) is 3.19. The van der Waals surface area contributed by atoms with Gasteiger partial charge in [0.1, 0.15) is 23.7 Å². The molecule has 2 aromatic rings. The molecule has 0 amide bonds. The third kappa shape index (κ3) is 5.81. The van der Waals surface area contributed by atoms with Crippen molar-refractivity contribution in [1.29, 1.82) is 5.41 Å². The number of anilines is 1. The maximum Gasteiger partial charge on any atom is 0.286 e. The molecule has 156 valence electrons. The topological polar surface area (TPSA) is 103 Å². The van der Waals surface area contributed by atoms with Gasteiger partial charge in [-0.15, -0.1) is 0 Å². The average molecular weight is 423 g/mol. The fourth-order valence-corrected chi connectivity index (χ4v) is 3.11. The molecule has 3 heterocycles. The highest BCUT2D eigenvalue weighted by atomic mass is 32.2. The van der Waals surface area contributed by atoms with E-state index in [1.807, 2.05) is 12.3 Å². The van der Waals surface area contributed by atoms with Crippen LogP contribution in [0.15, 0.2) is 24.7 Å². The zero-order valence-corrected chi connectivity index (χ0v) is 17.0. The van der Waals surface area contributed by atoms with Crippen molar-refractivity contribution in [2.45, 2.75) is 19.0 Å². The van der Waals surface area contributed by atoms with Crippen molar-refractivity contribution < 1.29 is 13.5 Å². The van der Waals surface area contributed by atoms with Crippen molar-refractivity contribution in [2.24, 2.45) is 0 Å². The Morgan fingerprint density at radius 3 is 3.07 bits per heavy atom. The SMILES string of the molecule is CSNCC1CN(c2cc(-c3cnc(/C=C\C(=N)C(C)(F)F)[nH]3)ncn2)CCO1. The fourth-order valence-electron chi connectivity index (χ4n) is 2.75. The summed E-state index contributed by atoms with van der Waals surface area (Å²) in [6.07, 6.45) is 7.48. The van der Waals surface area contributed by atoms with Gasteiger partial charge in [-0.05, 0) is 18.4 Å². The molecule has 0 aromatic carbocycles. The van der Waals surface area contributed by atoms with E-state index in [4.69, 9.17) is 10.1 Å². The summed E-state index contributed by atoms with van der Waals surface area (Å²) in [5.41, 5.74) is 0.498. The van der Waals surface area contributed by atoms with Gasteiger partial charge in [-0.1, -0.05) is 11.9 Å². The largest absolute Gasteiger partial charge is 0.373 e. The van der Waals surface area contributed by atoms with Crippen LogP contribution in [-0.2, 0) is 4.74 Å². The van der Waals surface area contributed by atoms with Crippen LogP contribution in [0.3, 0.4) is 0 Å². The summed E-state index contributed by atoms with van der Waals surface area (Å²) in [5, 5.41) is 7.34. The quantitative estimate of drug-likeness (QED) is 0.443. The number of hydrogen-bond donors (Lipinski definition) is 3. The molecule has 1 aliphatic rings. The van der Waals surface area contributed by atoms with Crippen molar-refractivity contribution in [3.63, 3.8) is 0 Å². The Bertz CT molecular complexity index is 868. The number of H-pyrrole nitrogens is 1. The molecule has 1 saturated heterocycles. The van der Waals surface area contributed by atoms with Gasteiger partial charge in [0, 0.05) is 32.6 Å². The Morgan fingerprint density at radius 1 is 1.48 bits per heavy atom. The lowest BCUT2D eigenvalue weighted by atomic mass is 10.2. The molecule has 0 aliphatic carbocycles. The summed E-state index contributed by atoms with van der Waals surface area (Å²) in [6, 6.07) is 1.85. The third-order valence-corrected chi connectivity index (χ3v) is 4.78. The molecule has 1 atom stereocenters. The van der Waals surface area contributed by atoms with E-state index in [1.165, 1.54) is 12.4 Å². The molecule has 3 N–H and O–H groups in total. The number of nitrogens with zero attached hydrogens (tertiary/aromatic N) is 4. The maximum absolute atomic E-state index is 13.1. The van der Waals surface area contributed by atoms with Crippen molar-refractivity contribution in [1.82, 2.24) is 24.7 Å². The lowest BCUT2D eigenvalue weighted by Gasteiger charge is -2.33. The second-order valence-corrected chi connectivity index (χ2v) is 7.27. The first-order chi connectivity index (χ1) is 13.9. The van der Waals surface area contributed by atoms with E-state index >= 15 is 0 Å². The minimum Gasteiger partial charge on any atom is -0.373 e. The van der Waals surface area contributed by atoms with Crippen LogP contribution in [0.25, 0.3) is 17.5 Å². The molecule has 11 heteroatoms. The smallest absolute Gasteiger partial charge is 0.286 e. The predicted octanol–water partition coefficient (Wildman–Crippen LogP) is 2.63. The van der Waals surface area contributed by atoms with Gasteiger partial charge in [0.15, 0.2) is 0 Å². The molecule has 0 radical (unpaired) electrons. The summed E-state index contributed by atoms with van der Waals surface area (Å²) >= 11 is 1.56. The number of aromatic nitrogens is 4. The molecule has 0 saturated carbocycles. The predicted molar refractivity (Wildman–Crippen MR) is 110 cm³/mol. The van der Waals surface area contributed by atoms with Gasteiger partial charge in [-0.3, -0.25) is 10.1 Å². The number of morpholine rings is 1. The van der Waals surface area contributed by atoms with Crippen molar-refractivity contribution in [3.05, 3.63) is 30.5 Å². The Kier molecular flexibility index (Phi) is 6.93. The molecule has 1 unspecified atom stereocenters.